The maximum Gasteiger partial charge on any atom is 0.416 e. The van der Waals surface area contributed by atoms with Crippen LogP contribution in [-0.4, -0.2) is 20.9 Å². The van der Waals surface area contributed by atoms with Crippen molar-refractivity contribution in [3.63, 3.8) is 0 Å². The lowest BCUT2D eigenvalue weighted by Gasteiger charge is -2.09. The summed E-state index contributed by atoms with van der Waals surface area (Å²) in [5.74, 6) is -0.173. The van der Waals surface area contributed by atoms with Crippen LogP contribution in [0.15, 0.2) is 61.2 Å². The molecule has 1 aromatic carbocycles. The van der Waals surface area contributed by atoms with Gasteiger partial charge in [-0.2, -0.15) is 13.2 Å². The molecule has 6 nitrogen and oxygen atoms in total. The third-order valence-corrected chi connectivity index (χ3v) is 3.58. The van der Waals surface area contributed by atoms with Crippen LogP contribution in [0.4, 0.5) is 24.8 Å². The second-order valence-electron chi connectivity index (χ2n) is 5.53. The van der Waals surface area contributed by atoms with Gasteiger partial charge in [0.2, 0.25) is 5.95 Å². The highest BCUT2D eigenvalue weighted by Gasteiger charge is 2.29. The Balaban J connectivity index is 1.59. The van der Waals surface area contributed by atoms with Gasteiger partial charge in [0.05, 0.1) is 11.1 Å². The highest BCUT2D eigenvalue weighted by atomic mass is 19.4. The number of carbonyl (C=O) groups is 1. The van der Waals surface area contributed by atoms with Gasteiger partial charge in [-0.1, -0.05) is 0 Å². The Bertz CT molecular complexity index is 897. The van der Waals surface area contributed by atoms with Gasteiger partial charge in [-0.05, 0) is 42.0 Å². The van der Waals surface area contributed by atoms with Crippen molar-refractivity contribution < 1.29 is 18.0 Å². The molecule has 0 saturated carbocycles. The van der Waals surface area contributed by atoms with Gasteiger partial charge in [0, 0.05) is 37.0 Å². The topological polar surface area (TPSA) is 79.8 Å². The number of nitrogens with zero attached hydrogens (tertiary/aromatic N) is 3. The average Bonchev–Trinajstić information content (AvgIpc) is 2.67. The van der Waals surface area contributed by atoms with E-state index in [1.54, 1.807) is 24.5 Å². The summed E-state index contributed by atoms with van der Waals surface area (Å²) in [6, 6.07) is 8.05. The predicted molar refractivity (Wildman–Crippen MR) is 92.2 cm³/mol. The van der Waals surface area contributed by atoms with Crippen LogP contribution in [0.2, 0.25) is 0 Å². The van der Waals surface area contributed by atoms with Crippen molar-refractivity contribution >= 4 is 17.5 Å². The number of aromatic nitrogens is 3. The van der Waals surface area contributed by atoms with Crippen molar-refractivity contribution in [2.45, 2.75) is 12.7 Å². The Morgan fingerprint density at radius 2 is 1.59 bits per heavy atom. The number of pyridine rings is 1. The minimum atomic E-state index is -4.39. The van der Waals surface area contributed by atoms with E-state index in [2.05, 4.69) is 25.6 Å². The van der Waals surface area contributed by atoms with E-state index in [1.807, 2.05) is 0 Å². The summed E-state index contributed by atoms with van der Waals surface area (Å²) in [7, 11) is 0. The van der Waals surface area contributed by atoms with Gasteiger partial charge in [0.1, 0.15) is 0 Å². The third-order valence-electron chi connectivity index (χ3n) is 3.58. The lowest BCUT2D eigenvalue weighted by Crippen LogP contribution is -2.23. The quantitative estimate of drug-likeness (QED) is 0.715. The van der Waals surface area contributed by atoms with Gasteiger partial charge in [-0.25, -0.2) is 9.97 Å². The lowest BCUT2D eigenvalue weighted by atomic mass is 10.2. The van der Waals surface area contributed by atoms with Crippen molar-refractivity contribution in [2.24, 2.45) is 0 Å². The van der Waals surface area contributed by atoms with E-state index in [1.165, 1.54) is 24.5 Å². The van der Waals surface area contributed by atoms with Crippen LogP contribution in [0.3, 0.4) is 0 Å². The zero-order valence-corrected chi connectivity index (χ0v) is 13.9. The first kappa shape index (κ1) is 18.3. The lowest BCUT2D eigenvalue weighted by molar-refractivity contribution is -0.137. The number of nitrogens with one attached hydrogen (secondary N) is 2. The van der Waals surface area contributed by atoms with Crippen LogP contribution in [0.5, 0.6) is 0 Å². The fraction of sp³-hybridized carbons (Fsp3) is 0.111. The molecular weight excluding hydrogens is 359 g/mol. The molecule has 0 atom stereocenters. The number of carbonyl (C=O) groups excluding carboxylic acids is 1. The first-order chi connectivity index (χ1) is 12.9. The maximum absolute atomic E-state index is 12.6. The van der Waals surface area contributed by atoms with E-state index >= 15 is 0 Å². The maximum atomic E-state index is 12.6. The fourth-order valence-electron chi connectivity index (χ4n) is 2.17. The molecule has 0 unspecified atom stereocenters. The second kappa shape index (κ2) is 7.81. The van der Waals surface area contributed by atoms with E-state index in [0.717, 1.165) is 17.7 Å². The summed E-state index contributed by atoms with van der Waals surface area (Å²) < 4.78 is 37.7. The number of hydrogen-bond acceptors (Lipinski definition) is 5. The van der Waals surface area contributed by atoms with Crippen LogP contribution in [-0.2, 0) is 12.7 Å². The molecule has 2 heterocycles. The summed E-state index contributed by atoms with van der Waals surface area (Å²) in [6.07, 6.45) is 1.54. The Hall–Kier alpha value is -3.49. The largest absolute Gasteiger partial charge is 0.416 e. The van der Waals surface area contributed by atoms with Crippen molar-refractivity contribution in [3.05, 3.63) is 77.9 Å². The molecule has 0 radical (unpaired) electrons. The van der Waals surface area contributed by atoms with Gasteiger partial charge in [-0.15, -0.1) is 0 Å². The minimum Gasteiger partial charge on any atom is -0.348 e. The molecule has 0 saturated heterocycles. The average molecular weight is 373 g/mol. The molecule has 9 heteroatoms. The van der Waals surface area contributed by atoms with Crippen molar-refractivity contribution in [2.75, 3.05) is 5.32 Å². The first-order valence-electron chi connectivity index (χ1n) is 7.85. The molecule has 27 heavy (non-hydrogen) atoms. The number of halogens is 3. The number of alkyl halides is 3. The Labute approximate surface area is 152 Å². The highest BCUT2D eigenvalue weighted by Crippen LogP contribution is 2.30. The van der Waals surface area contributed by atoms with E-state index in [0.29, 0.717) is 12.2 Å². The highest BCUT2D eigenvalue weighted by molar-refractivity contribution is 5.93. The Kier molecular flexibility index (Phi) is 5.30. The monoisotopic (exact) mass is 373 g/mol. The van der Waals surface area contributed by atoms with Crippen LogP contribution in [0, 0.1) is 0 Å². The number of benzene rings is 1. The van der Waals surface area contributed by atoms with Gasteiger partial charge in [-0.3, -0.25) is 9.78 Å². The predicted octanol–water partition coefficient (Wildman–Crippen LogP) is 3.56. The van der Waals surface area contributed by atoms with Gasteiger partial charge in [0.25, 0.3) is 5.91 Å². The molecule has 1 amide bonds. The summed E-state index contributed by atoms with van der Waals surface area (Å²) in [5.41, 5.74) is 0.829. The van der Waals surface area contributed by atoms with Crippen LogP contribution < -0.4 is 10.6 Å². The normalized spacial score (nSPS) is 11.1. The summed E-state index contributed by atoms with van der Waals surface area (Å²) in [5, 5.41) is 5.51. The molecule has 0 aliphatic carbocycles. The van der Waals surface area contributed by atoms with Gasteiger partial charge < -0.3 is 10.6 Å². The molecule has 3 aromatic rings. The number of hydrogen-bond donors (Lipinski definition) is 2. The van der Waals surface area contributed by atoms with Gasteiger partial charge in [0.15, 0.2) is 0 Å². The molecule has 2 N–H and O–H groups in total. The molecule has 0 aliphatic heterocycles. The zero-order chi connectivity index (χ0) is 19.3. The van der Waals surface area contributed by atoms with Crippen LogP contribution in [0.25, 0.3) is 0 Å². The minimum absolute atomic E-state index is 0.167. The van der Waals surface area contributed by atoms with Crippen LogP contribution in [0.1, 0.15) is 21.5 Å². The van der Waals surface area contributed by atoms with E-state index in [-0.39, 0.29) is 17.4 Å². The summed E-state index contributed by atoms with van der Waals surface area (Å²) in [6.45, 7) is 0.340. The second-order valence-corrected chi connectivity index (χ2v) is 5.53. The van der Waals surface area contributed by atoms with E-state index in [4.69, 9.17) is 0 Å². The number of amides is 1. The van der Waals surface area contributed by atoms with Crippen LogP contribution >= 0.6 is 0 Å². The molecule has 0 fully saturated rings. The SMILES string of the molecule is O=C(NCc1ccncc1)c1cnc(Nc2ccc(C(F)(F)F)cc2)nc1. The third kappa shape index (κ3) is 5.00. The molecule has 3 rings (SSSR count). The molecule has 0 spiro atoms. The zero-order valence-electron chi connectivity index (χ0n) is 13.9. The van der Waals surface area contributed by atoms with Gasteiger partial charge >= 0.3 is 6.18 Å². The molecule has 138 valence electrons. The summed E-state index contributed by atoms with van der Waals surface area (Å²) in [4.78, 5) is 24.0. The summed E-state index contributed by atoms with van der Waals surface area (Å²) >= 11 is 0. The number of rotatable bonds is 5. The standard InChI is InChI=1S/C18H14F3N5O/c19-18(20,21)14-1-3-15(4-2-14)26-17-24-10-13(11-25-17)16(27)23-9-12-5-7-22-8-6-12/h1-8,10-11H,9H2,(H,23,27)(H,24,25,26). The fourth-order valence-corrected chi connectivity index (χ4v) is 2.17. The van der Waals surface area contributed by atoms with E-state index < -0.39 is 11.7 Å². The molecule has 0 bridgehead atoms. The van der Waals surface area contributed by atoms with Crippen molar-refractivity contribution in [1.82, 2.24) is 20.3 Å². The Morgan fingerprint density at radius 3 is 2.19 bits per heavy atom. The van der Waals surface area contributed by atoms with Crippen molar-refractivity contribution in [1.29, 1.82) is 0 Å². The number of anilines is 2. The van der Waals surface area contributed by atoms with E-state index in [9.17, 15) is 18.0 Å². The molecule has 2 aromatic heterocycles. The smallest absolute Gasteiger partial charge is 0.348 e. The molecular formula is C18H14F3N5O. The Morgan fingerprint density at radius 1 is 0.963 bits per heavy atom. The molecule has 0 aliphatic rings. The van der Waals surface area contributed by atoms with Crippen molar-refractivity contribution in [3.8, 4) is 0 Å². The first-order valence-corrected chi connectivity index (χ1v) is 7.85.